The highest BCUT2D eigenvalue weighted by atomic mass is 79.9. The Kier molecular flexibility index (Phi) is 5.60. The molecule has 0 bridgehead atoms. The van der Waals surface area contributed by atoms with Gasteiger partial charge in [-0.05, 0) is 36.8 Å². The third-order valence-electron chi connectivity index (χ3n) is 5.26. The Balaban J connectivity index is 1.77. The molecule has 1 N–H and O–H groups in total. The van der Waals surface area contributed by atoms with Crippen molar-refractivity contribution < 1.29 is 14.6 Å². The van der Waals surface area contributed by atoms with Gasteiger partial charge in [-0.2, -0.15) is 0 Å². The zero-order chi connectivity index (χ0) is 17.8. The van der Waals surface area contributed by atoms with E-state index in [4.69, 9.17) is 4.74 Å². The van der Waals surface area contributed by atoms with Crippen molar-refractivity contribution in [3.8, 4) is 0 Å². The van der Waals surface area contributed by atoms with Crippen LogP contribution in [-0.2, 0) is 22.6 Å². The van der Waals surface area contributed by atoms with E-state index in [1.54, 1.807) is 0 Å². The fourth-order valence-corrected chi connectivity index (χ4v) is 4.70. The molecule has 25 heavy (non-hydrogen) atoms. The molecule has 0 radical (unpaired) electrons. The summed E-state index contributed by atoms with van der Waals surface area (Å²) >= 11 is 3.56. The number of benzene rings is 2. The molecule has 0 aliphatic heterocycles. The van der Waals surface area contributed by atoms with Crippen molar-refractivity contribution in [3.63, 3.8) is 0 Å². The fraction of sp³-hybridized carbons (Fsp3) is 0.381. The van der Waals surface area contributed by atoms with Crippen LogP contribution in [0.2, 0.25) is 0 Å². The highest BCUT2D eigenvalue weighted by Gasteiger charge is 2.58. The average molecular weight is 403 g/mol. The van der Waals surface area contributed by atoms with E-state index >= 15 is 0 Å². The first kappa shape index (κ1) is 18.2. The zero-order valence-electron chi connectivity index (χ0n) is 14.2. The number of hydrogen-bond acceptors (Lipinski definition) is 3. The Morgan fingerprint density at radius 2 is 1.60 bits per heavy atom. The Morgan fingerprint density at radius 1 is 1.00 bits per heavy atom. The minimum Gasteiger partial charge on any atom is -0.459 e. The summed E-state index contributed by atoms with van der Waals surface area (Å²) in [6, 6.07) is 19.6. The third-order valence-corrected chi connectivity index (χ3v) is 6.34. The molecule has 2 atom stereocenters. The average Bonchev–Trinajstić information content (AvgIpc) is 2.99. The monoisotopic (exact) mass is 402 g/mol. The first-order valence-electron chi connectivity index (χ1n) is 8.63. The van der Waals surface area contributed by atoms with Gasteiger partial charge in [0, 0.05) is 10.7 Å². The van der Waals surface area contributed by atoms with Crippen LogP contribution in [0.15, 0.2) is 60.7 Å². The molecule has 2 aromatic carbocycles. The van der Waals surface area contributed by atoms with Crippen molar-refractivity contribution >= 4 is 21.9 Å². The summed E-state index contributed by atoms with van der Waals surface area (Å²) in [6.07, 6.45) is 2.70. The number of aliphatic hydroxyl groups is 1. The maximum atomic E-state index is 12.8. The Bertz CT molecular complexity index is 704. The van der Waals surface area contributed by atoms with Crippen LogP contribution < -0.4 is 0 Å². The van der Waals surface area contributed by atoms with Gasteiger partial charge in [-0.3, -0.25) is 0 Å². The molecule has 1 aliphatic carbocycles. The lowest BCUT2D eigenvalue weighted by Crippen LogP contribution is -2.53. The van der Waals surface area contributed by atoms with E-state index in [1.807, 2.05) is 60.7 Å². The highest BCUT2D eigenvalue weighted by Crippen LogP contribution is 2.50. The molecule has 3 rings (SSSR count). The Labute approximate surface area is 157 Å². The quantitative estimate of drug-likeness (QED) is 0.579. The maximum Gasteiger partial charge on any atom is 0.339 e. The van der Waals surface area contributed by atoms with Crippen molar-refractivity contribution in [3.05, 3.63) is 71.8 Å². The van der Waals surface area contributed by atoms with Crippen LogP contribution in [0.3, 0.4) is 0 Å². The van der Waals surface area contributed by atoms with Gasteiger partial charge in [0.25, 0.3) is 0 Å². The van der Waals surface area contributed by atoms with Crippen LogP contribution in [0.25, 0.3) is 0 Å². The van der Waals surface area contributed by atoms with Crippen molar-refractivity contribution in [1.29, 1.82) is 0 Å². The molecule has 2 aromatic rings. The van der Waals surface area contributed by atoms with E-state index in [-0.39, 0.29) is 6.61 Å². The van der Waals surface area contributed by atoms with E-state index in [2.05, 4.69) is 15.9 Å². The SMILES string of the molecule is O=C(OCc1ccccc1)C1(O)CCCC1(CBr)Cc1ccccc1. The lowest BCUT2D eigenvalue weighted by molar-refractivity contribution is -0.177. The zero-order valence-corrected chi connectivity index (χ0v) is 15.7. The van der Waals surface area contributed by atoms with Crippen molar-refractivity contribution in [2.45, 2.75) is 37.9 Å². The van der Waals surface area contributed by atoms with Gasteiger partial charge in [-0.15, -0.1) is 0 Å². The second kappa shape index (κ2) is 7.71. The summed E-state index contributed by atoms with van der Waals surface area (Å²) in [6.45, 7) is 0.186. The molecule has 3 nitrogen and oxygen atoms in total. The standard InChI is InChI=1S/C21H23BrO3/c22-16-20(14-17-8-3-1-4-9-17)12-7-13-21(20,24)19(23)25-15-18-10-5-2-6-11-18/h1-6,8-11,24H,7,12-16H2. The molecule has 0 heterocycles. The number of halogens is 1. The Hall–Kier alpha value is -1.65. The number of hydrogen-bond donors (Lipinski definition) is 1. The summed E-state index contributed by atoms with van der Waals surface area (Å²) in [7, 11) is 0. The van der Waals surface area contributed by atoms with Gasteiger partial charge in [0.2, 0.25) is 0 Å². The minimum atomic E-state index is -1.46. The van der Waals surface area contributed by atoms with Crippen LogP contribution in [0.1, 0.15) is 30.4 Å². The van der Waals surface area contributed by atoms with Crippen LogP contribution in [0.5, 0.6) is 0 Å². The van der Waals surface area contributed by atoms with E-state index in [0.29, 0.717) is 18.2 Å². The number of rotatable bonds is 6. The van der Waals surface area contributed by atoms with Gasteiger partial charge in [-0.25, -0.2) is 4.79 Å². The van der Waals surface area contributed by atoms with Gasteiger partial charge in [0.05, 0.1) is 0 Å². The maximum absolute atomic E-state index is 12.8. The summed E-state index contributed by atoms with van der Waals surface area (Å²) in [5.74, 6) is -0.510. The molecule has 0 saturated heterocycles. The fourth-order valence-electron chi connectivity index (χ4n) is 3.76. The number of carbonyl (C=O) groups is 1. The lowest BCUT2D eigenvalue weighted by Gasteiger charge is -2.39. The highest BCUT2D eigenvalue weighted by molar-refractivity contribution is 9.09. The lowest BCUT2D eigenvalue weighted by atomic mass is 9.71. The molecule has 1 saturated carbocycles. The molecule has 1 fully saturated rings. The minimum absolute atomic E-state index is 0.186. The van der Waals surface area contributed by atoms with Gasteiger partial charge < -0.3 is 9.84 Å². The second-order valence-electron chi connectivity index (χ2n) is 6.85. The smallest absolute Gasteiger partial charge is 0.339 e. The molecule has 0 spiro atoms. The first-order chi connectivity index (χ1) is 12.1. The van der Waals surface area contributed by atoms with Crippen molar-refractivity contribution in [1.82, 2.24) is 0 Å². The number of ether oxygens (including phenoxy) is 1. The van der Waals surface area contributed by atoms with Gasteiger partial charge in [0.15, 0.2) is 5.60 Å². The van der Waals surface area contributed by atoms with E-state index in [1.165, 1.54) is 0 Å². The van der Waals surface area contributed by atoms with Crippen molar-refractivity contribution in [2.24, 2.45) is 5.41 Å². The van der Waals surface area contributed by atoms with Crippen molar-refractivity contribution in [2.75, 3.05) is 5.33 Å². The number of esters is 1. The van der Waals surface area contributed by atoms with Gasteiger partial charge in [0.1, 0.15) is 6.61 Å². The van der Waals surface area contributed by atoms with E-state index in [0.717, 1.165) is 24.0 Å². The van der Waals surface area contributed by atoms with Crippen LogP contribution in [0.4, 0.5) is 0 Å². The predicted octanol–water partition coefficient (Wildman–Crippen LogP) is 4.27. The van der Waals surface area contributed by atoms with Crippen LogP contribution in [-0.4, -0.2) is 22.0 Å². The summed E-state index contributed by atoms with van der Waals surface area (Å²) in [5.41, 5.74) is 0.0477. The topological polar surface area (TPSA) is 46.5 Å². The summed E-state index contributed by atoms with van der Waals surface area (Å²) in [4.78, 5) is 12.8. The molecule has 1 aliphatic rings. The van der Waals surface area contributed by atoms with Gasteiger partial charge >= 0.3 is 5.97 Å². The van der Waals surface area contributed by atoms with Gasteiger partial charge in [-0.1, -0.05) is 76.6 Å². The van der Waals surface area contributed by atoms with E-state index < -0.39 is 17.0 Å². The normalized spacial score (nSPS) is 25.7. The second-order valence-corrected chi connectivity index (χ2v) is 7.41. The molecule has 2 unspecified atom stereocenters. The van der Waals surface area contributed by atoms with E-state index in [9.17, 15) is 9.90 Å². The molecule has 0 amide bonds. The first-order valence-corrected chi connectivity index (χ1v) is 9.75. The van der Waals surface area contributed by atoms with Crippen LogP contribution >= 0.6 is 15.9 Å². The molecule has 0 aromatic heterocycles. The Morgan fingerprint density at radius 3 is 2.20 bits per heavy atom. The third kappa shape index (κ3) is 3.65. The molecule has 132 valence electrons. The predicted molar refractivity (Wildman–Crippen MR) is 101 cm³/mol. The summed E-state index contributed by atoms with van der Waals surface area (Å²) < 4.78 is 5.50. The molecular weight excluding hydrogens is 380 g/mol. The largest absolute Gasteiger partial charge is 0.459 e. The molecular formula is C21H23BrO3. The number of carbonyl (C=O) groups excluding carboxylic acids is 1. The summed E-state index contributed by atoms with van der Waals surface area (Å²) in [5, 5.41) is 11.9. The van der Waals surface area contributed by atoms with Crippen LogP contribution in [0, 0.1) is 5.41 Å². The molecule has 4 heteroatoms. The number of alkyl halides is 1.